The number of carbonyl (C=O) groups is 3. The second-order valence-electron chi connectivity index (χ2n) is 6.19. The summed E-state index contributed by atoms with van der Waals surface area (Å²) in [6, 6.07) is 6.16. The minimum absolute atomic E-state index is 0.0327. The third-order valence-corrected chi connectivity index (χ3v) is 4.51. The molecule has 1 aliphatic rings. The van der Waals surface area contributed by atoms with Crippen molar-refractivity contribution in [1.29, 1.82) is 0 Å². The molecule has 28 heavy (non-hydrogen) atoms. The van der Waals surface area contributed by atoms with E-state index < -0.39 is 11.9 Å². The van der Waals surface area contributed by atoms with Crippen LogP contribution in [0.15, 0.2) is 34.9 Å². The van der Waals surface area contributed by atoms with Crippen LogP contribution in [-0.4, -0.2) is 73.1 Å². The summed E-state index contributed by atoms with van der Waals surface area (Å²) >= 11 is 0. The number of benzene rings is 1. The van der Waals surface area contributed by atoms with Crippen molar-refractivity contribution in [2.45, 2.75) is 0 Å². The molecular weight excluding hydrogens is 368 g/mol. The number of hydrogen-bond acceptors (Lipinski definition) is 6. The highest BCUT2D eigenvalue weighted by molar-refractivity contribution is 5.97. The molecular formula is C19H20N2O7. The maximum absolute atomic E-state index is 12.8. The molecule has 3 rings (SSSR count). The Morgan fingerprint density at radius 1 is 0.857 bits per heavy atom. The highest BCUT2D eigenvalue weighted by atomic mass is 16.5. The topological polar surface area (TPSA) is 110 Å². The molecule has 0 aliphatic carbocycles. The molecule has 0 atom stereocenters. The molecule has 0 radical (unpaired) electrons. The van der Waals surface area contributed by atoms with E-state index >= 15 is 0 Å². The zero-order valence-corrected chi connectivity index (χ0v) is 15.5. The van der Waals surface area contributed by atoms with E-state index in [0.717, 1.165) is 6.26 Å². The molecule has 9 nitrogen and oxygen atoms in total. The molecule has 0 spiro atoms. The number of carbonyl (C=O) groups excluding carboxylic acids is 2. The Labute approximate surface area is 161 Å². The lowest BCUT2D eigenvalue weighted by Gasteiger charge is -2.34. The fraction of sp³-hybridized carbons (Fsp3) is 0.316. The van der Waals surface area contributed by atoms with Crippen LogP contribution in [0.5, 0.6) is 11.5 Å². The van der Waals surface area contributed by atoms with Crippen LogP contribution >= 0.6 is 0 Å². The van der Waals surface area contributed by atoms with Crippen LogP contribution in [0, 0.1) is 0 Å². The van der Waals surface area contributed by atoms with E-state index in [2.05, 4.69) is 0 Å². The standard InChI is InChI=1S/C19H20N2O7/c1-26-14-7-12(8-15(10-14)27-2)17(22)20-3-5-21(6-4-20)18(23)16-9-13(11-28-16)19(24)25/h7-11H,3-6H2,1-2H3,(H,24,25). The number of ether oxygens (including phenoxy) is 2. The molecule has 9 heteroatoms. The smallest absolute Gasteiger partial charge is 0.338 e. The fourth-order valence-corrected chi connectivity index (χ4v) is 2.94. The van der Waals surface area contributed by atoms with Gasteiger partial charge in [0.25, 0.3) is 11.8 Å². The summed E-state index contributed by atoms with van der Waals surface area (Å²) in [5.74, 6) is -0.744. The predicted octanol–water partition coefficient (Wildman–Crippen LogP) is 1.59. The molecule has 0 unspecified atom stereocenters. The minimum atomic E-state index is -1.16. The number of nitrogens with zero attached hydrogens (tertiary/aromatic N) is 2. The Kier molecular flexibility index (Phi) is 5.53. The van der Waals surface area contributed by atoms with E-state index in [0.29, 0.717) is 43.2 Å². The lowest BCUT2D eigenvalue weighted by atomic mass is 10.1. The van der Waals surface area contributed by atoms with E-state index in [-0.39, 0.29) is 17.2 Å². The normalized spacial score (nSPS) is 13.9. The number of methoxy groups -OCH3 is 2. The summed E-state index contributed by atoms with van der Waals surface area (Å²) in [6.07, 6.45) is 1.03. The monoisotopic (exact) mass is 388 g/mol. The van der Waals surface area contributed by atoms with Crippen molar-refractivity contribution in [3.8, 4) is 11.5 Å². The van der Waals surface area contributed by atoms with Crippen LogP contribution < -0.4 is 9.47 Å². The minimum Gasteiger partial charge on any atom is -0.497 e. The molecule has 1 aromatic heterocycles. The van der Waals surface area contributed by atoms with Crippen molar-refractivity contribution in [3.05, 3.63) is 47.4 Å². The molecule has 1 N–H and O–H groups in total. The van der Waals surface area contributed by atoms with Crippen molar-refractivity contribution < 1.29 is 33.4 Å². The fourth-order valence-electron chi connectivity index (χ4n) is 2.94. The van der Waals surface area contributed by atoms with Crippen molar-refractivity contribution in [1.82, 2.24) is 9.80 Å². The molecule has 1 fully saturated rings. The van der Waals surface area contributed by atoms with Crippen LogP contribution in [0.2, 0.25) is 0 Å². The number of amides is 2. The van der Waals surface area contributed by atoms with Crippen LogP contribution in [-0.2, 0) is 0 Å². The number of carboxylic acid groups (broad SMARTS) is 1. The molecule has 2 amide bonds. The lowest BCUT2D eigenvalue weighted by Crippen LogP contribution is -2.50. The van der Waals surface area contributed by atoms with E-state index in [1.807, 2.05) is 0 Å². The first-order valence-electron chi connectivity index (χ1n) is 8.56. The zero-order chi connectivity index (χ0) is 20.3. The van der Waals surface area contributed by atoms with E-state index in [4.69, 9.17) is 19.0 Å². The first kappa shape index (κ1) is 19.3. The third kappa shape index (κ3) is 3.93. The Bertz CT molecular complexity index is 875. The molecule has 1 aromatic carbocycles. The summed E-state index contributed by atoms with van der Waals surface area (Å²) in [5, 5.41) is 8.92. The summed E-state index contributed by atoms with van der Waals surface area (Å²) in [4.78, 5) is 39.3. The average Bonchev–Trinajstić information content (AvgIpc) is 3.23. The maximum Gasteiger partial charge on any atom is 0.338 e. The van der Waals surface area contributed by atoms with Crippen LogP contribution in [0.1, 0.15) is 31.3 Å². The number of carboxylic acids is 1. The Hall–Kier alpha value is -3.49. The second kappa shape index (κ2) is 8.03. The van der Waals surface area contributed by atoms with Crippen LogP contribution in [0.4, 0.5) is 0 Å². The van der Waals surface area contributed by atoms with Crippen molar-refractivity contribution in [2.75, 3.05) is 40.4 Å². The number of rotatable bonds is 5. The van der Waals surface area contributed by atoms with Gasteiger partial charge >= 0.3 is 5.97 Å². The van der Waals surface area contributed by atoms with Gasteiger partial charge in [0, 0.05) is 43.9 Å². The molecule has 148 valence electrons. The summed E-state index contributed by atoms with van der Waals surface area (Å²) < 4.78 is 15.4. The van der Waals surface area contributed by atoms with Gasteiger partial charge in [0.15, 0.2) is 5.76 Å². The van der Waals surface area contributed by atoms with Gasteiger partial charge in [-0.25, -0.2) is 4.79 Å². The van der Waals surface area contributed by atoms with Crippen molar-refractivity contribution in [2.24, 2.45) is 0 Å². The molecule has 2 aromatic rings. The predicted molar refractivity (Wildman–Crippen MR) is 97.0 cm³/mol. The maximum atomic E-state index is 12.8. The second-order valence-corrected chi connectivity index (χ2v) is 6.19. The number of piperazine rings is 1. The van der Waals surface area contributed by atoms with E-state index in [1.54, 1.807) is 23.1 Å². The van der Waals surface area contributed by atoms with Gasteiger partial charge in [0.2, 0.25) is 0 Å². The summed E-state index contributed by atoms with van der Waals surface area (Å²) in [6.45, 7) is 1.32. The van der Waals surface area contributed by atoms with Gasteiger partial charge in [-0.1, -0.05) is 0 Å². The summed E-state index contributed by atoms with van der Waals surface area (Å²) in [5.41, 5.74) is 0.359. The Balaban J connectivity index is 1.65. The van der Waals surface area contributed by atoms with Crippen LogP contribution in [0.3, 0.4) is 0 Å². The number of furan rings is 1. The van der Waals surface area contributed by atoms with E-state index in [1.165, 1.54) is 25.2 Å². The van der Waals surface area contributed by atoms with Crippen molar-refractivity contribution in [3.63, 3.8) is 0 Å². The quantitative estimate of drug-likeness (QED) is 0.828. The average molecular weight is 388 g/mol. The van der Waals surface area contributed by atoms with Gasteiger partial charge < -0.3 is 28.8 Å². The molecule has 0 bridgehead atoms. The Morgan fingerprint density at radius 2 is 1.39 bits per heavy atom. The van der Waals surface area contributed by atoms with Gasteiger partial charge in [-0.2, -0.15) is 0 Å². The van der Waals surface area contributed by atoms with Gasteiger partial charge in [0.1, 0.15) is 17.8 Å². The molecule has 1 aliphatic heterocycles. The first-order chi connectivity index (χ1) is 13.4. The molecule has 2 heterocycles. The molecule has 0 saturated carbocycles. The van der Waals surface area contributed by atoms with Crippen LogP contribution in [0.25, 0.3) is 0 Å². The van der Waals surface area contributed by atoms with Gasteiger partial charge in [-0.15, -0.1) is 0 Å². The van der Waals surface area contributed by atoms with Gasteiger partial charge in [-0.05, 0) is 12.1 Å². The SMILES string of the molecule is COc1cc(OC)cc(C(=O)N2CCN(C(=O)c3cc(C(=O)O)co3)CC2)c1. The number of aromatic carboxylic acids is 1. The first-order valence-corrected chi connectivity index (χ1v) is 8.56. The third-order valence-electron chi connectivity index (χ3n) is 4.51. The van der Waals surface area contributed by atoms with E-state index in [9.17, 15) is 14.4 Å². The Morgan fingerprint density at radius 3 is 1.86 bits per heavy atom. The highest BCUT2D eigenvalue weighted by Gasteiger charge is 2.28. The summed E-state index contributed by atoms with van der Waals surface area (Å²) in [7, 11) is 3.02. The zero-order valence-electron chi connectivity index (χ0n) is 15.5. The van der Waals surface area contributed by atoms with Gasteiger partial charge in [0.05, 0.1) is 19.8 Å². The highest BCUT2D eigenvalue weighted by Crippen LogP contribution is 2.24. The number of hydrogen-bond donors (Lipinski definition) is 1. The lowest BCUT2D eigenvalue weighted by molar-refractivity contribution is 0.0518. The largest absolute Gasteiger partial charge is 0.497 e. The molecule has 1 saturated heterocycles. The van der Waals surface area contributed by atoms with Crippen molar-refractivity contribution >= 4 is 17.8 Å². The van der Waals surface area contributed by atoms with Gasteiger partial charge in [-0.3, -0.25) is 9.59 Å².